The molecule has 0 radical (unpaired) electrons. The summed E-state index contributed by atoms with van der Waals surface area (Å²) in [6.45, 7) is 0. The Labute approximate surface area is 129 Å². The molecule has 0 spiro atoms. The second kappa shape index (κ2) is 5.39. The standard InChI is InChI=1S/C17H10F3NO2/c18-17(19,20)12-5-1-4-11(9-12)14-8-7-10-3-2-6-13(16(22)23)15(10)21-14/h1-9H,(H,22,23). The number of alkyl halides is 3. The van der Waals surface area contributed by atoms with Crippen molar-refractivity contribution < 1.29 is 23.1 Å². The van der Waals surface area contributed by atoms with Crippen molar-refractivity contribution in [1.82, 2.24) is 4.98 Å². The van der Waals surface area contributed by atoms with Gasteiger partial charge in [0, 0.05) is 10.9 Å². The molecule has 3 nitrogen and oxygen atoms in total. The molecule has 0 amide bonds. The molecule has 23 heavy (non-hydrogen) atoms. The van der Waals surface area contributed by atoms with E-state index in [-0.39, 0.29) is 22.3 Å². The van der Waals surface area contributed by atoms with Gasteiger partial charge in [-0.05, 0) is 24.3 Å². The Morgan fingerprint density at radius 2 is 1.74 bits per heavy atom. The highest BCUT2D eigenvalue weighted by Gasteiger charge is 2.30. The molecule has 0 saturated carbocycles. The van der Waals surface area contributed by atoms with Crippen LogP contribution in [0.25, 0.3) is 22.2 Å². The largest absolute Gasteiger partial charge is 0.478 e. The monoisotopic (exact) mass is 317 g/mol. The number of hydrogen-bond donors (Lipinski definition) is 1. The first-order valence-electron chi connectivity index (χ1n) is 6.67. The summed E-state index contributed by atoms with van der Waals surface area (Å²) in [7, 11) is 0. The third-order valence-electron chi connectivity index (χ3n) is 3.44. The molecule has 0 saturated heterocycles. The summed E-state index contributed by atoms with van der Waals surface area (Å²) in [5, 5.41) is 9.82. The SMILES string of the molecule is O=C(O)c1cccc2ccc(-c3cccc(C(F)(F)F)c3)nc12. The number of benzene rings is 2. The molecule has 116 valence electrons. The molecule has 2 aromatic carbocycles. The first-order valence-corrected chi connectivity index (χ1v) is 6.67. The van der Waals surface area contributed by atoms with Crippen molar-refractivity contribution in [2.45, 2.75) is 6.18 Å². The van der Waals surface area contributed by atoms with Crippen molar-refractivity contribution in [3.63, 3.8) is 0 Å². The molecule has 1 N–H and O–H groups in total. The normalized spacial score (nSPS) is 11.6. The van der Waals surface area contributed by atoms with Gasteiger partial charge in [0.15, 0.2) is 0 Å². The number of aromatic nitrogens is 1. The van der Waals surface area contributed by atoms with Crippen LogP contribution in [0, 0.1) is 0 Å². The number of nitrogens with zero attached hydrogens (tertiary/aromatic N) is 1. The number of rotatable bonds is 2. The highest BCUT2D eigenvalue weighted by atomic mass is 19.4. The Kier molecular flexibility index (Phi) is 3.52. The number of fused-ring (bicyclic) bond motifs is 1. The van der Waals surface area contributed by atoms with E-state index in [1.165, 1.54) is 18.2 Å². The van der Waals surface area contributed by atoms with Gasteiger partial charge in [-0.25, -0.2) is 9.78 Å². The summed E-state index contributed by atoms with van der Waals surface area (Å²) in [4.78, 5) is 15.5. The number of halogens is 3. The fraction of sp³-hybridized carbons (Fsp3) is 0.0588. The number of pyridine rings is 1. The predicted octanol–water partition coefficient (Wildman–Crippen LogP) is 4.62. The average molecular weight is 317 g/mol. The van der Waals surface area contributed by atoms with Crippen LogP contribution in [-0.4, -0.2) is 16.1 Å². The summed E-state index contributed by atoms with van der Waals surface area (Å²) in [6.07, 6.45) is -4.45. The molecule has 3 aromatic rings. The lowest BCUT2D eigenvalue weighted by Crippen LogP contribution is -2.04. The maximum atomic E-state index is 12.8. The van der Waals surface area contributed by atoms with Gasteiger partial charge in [-0.3, -0.25) is 0 Å². The van der Waals surface area contributed by atoms with Crippen molar-refractivity contribution in [3.8, 4) is 11.3 Å². The lowest BCUT2D eigenvalue weighted by Gasteiger charge is -2.09. The zero-order chi connectivity index (χ0) is 16.6. The summed E-state index contributed by atoms with van der Waals surface area (Å²) in [6, 6.07) is 12.7. The van der Waals surface area contributed by atoms with E-state index in [0.29, 0.717) is 5.39 Å². The number of carboxylic acids is 1. The first-order chi connectivity index (χ1) is 10.9. The van der Waals surface area contributed by atoms with Crippen LogP contribution >= 0.6 is 0 Å². The molecule has 6 heteroatoms. The van der Waals surface area contributed by atoms with Gasteiger partial charge in [0.25, 0.3) is 0 Å². The number of carboxylic acid groups (broad SMARTS) is 1. The van der Waals surface area contributed by atoms with Gasteiger partial charge in [0.2, 0.25) is 0 Å². The predicted molar refractivity (Wildman–Crippen MR) is 79.1 cm³/mol. The smallest absolute Gasteiger partial charge is 0.416 e. The Balaban J connectivity index is 2.18. The molecule has 0 unspecified atom stereocenters. The minimum atomic E-state index is -4.45. The molecule has 0 aliphatic rings. The fourth-order valence-corrected chi connectivity index (χ4v) is 2.34. The Hall–Kier alpha value is -2.89. The number of aromatic carboxylic acids is 1. The molecule has 1 heterocycles. The van der Waals surface area contributed by atoms with Crippen LogP contribution in [0.4, 0.5) is 13.2 Å². The van der Waals surface area contributed by atoms with Crippen molar-refractivity contribution in [2.24, 2.45) is 0 Å². The minimum Gasteiger partial charge on any atom is -0.478 e. The zero-order valence-corrected chi connectivity index (χ0v) is 11.6. The van der Waals surface area contributed by atoms with Gasteiger partial charge in [-0.15, -0.1) is 0 Å². The lowest BCUT2D eigenvalue weighted by atomic mass is 10.0. The third-order valence-corrected chi connectivity index (χ3v) is 3.44. The van der Waals surface area contributed by atoms with Gasteiger partial charge in [0.05, 0.1) is 22.3 Å². The molecule has 0 fully saturated rings. The number of para-hydroxylation sites is 1. The molecule has 0 atom stereocenters. The van der Waals surface area contributed by atoms with Gasteiger partial charge in [-0.1, -0.05) is 30.3 Å². The van der Waals surface area contributed by atoms with Crippen molar-refractivity contribution in [2.75, 3.05) is 0 Å². The van der Waals surface area contributed by atoms with Crippen LogP contribution in [0.1, 0.15) is 15.9 Å². The molecular weight excluding hydrogens is 307 g/mol. The molecule has 0 aliphatic heterocycles. The zero-order valence-electron chi connectivity index (χ0n) is 11.6. The summed E-state index contributed by atoms with van der Waals surface area (Å²) >= 11 is 0. The minimum absolute atomic E-state index is 0.0105. The molecule has 0 aliphatic carbocycles. The van der Waals surface area contributed by atoms with E-state index in [1.807, 2.05) is 0 Å². The topological polar surface area (TPSA) is 50.2 Å². The summed E-state index contributed by atoms with van der Waals surface area (Å²) in [5.41, 5.74) is 0.0499. The summed E-state index contributed by atoms with van der Waals surface area (Å²) in [5.74, 6) is -1.13. The molecule has 1 aromatic heterocycles. The third kappa shape index (κ3) is 2.88. The van der Waals surface area contributed by atoms with E-state index >= 15 is 0 Å². The van der Waals surface area contributed by atoms with E-state index in [9.17, 15) is 23.1 Å². The van der Waals surface area contributed by atoms with Crippen LogP contribution in [-0.2, 0) is 6.18 Å². The number of hydrogen-bond acceptors (Lipinski definition) is 2. The molecular formula is C17H10F3NO2. The van der Waals surface area contributed by atoms with E-state index < -0.39 is 17.7 Å². The van der Waals surface area contributed by atoms with Gasteiger partial charge >= 0.3 is 12.1 Å². The van der Waals surface area contributed by atoms with Gasteiger partial charge in [-0.2, -0.15) is 13.2 Å². The van der Waals surface area contributed by atoms with Gasteiger partial charge < -0.3 is 5.11 Å². The van der Waals surface area contributed by atoms with Crippen LogP contribution in [0.15, 0.2) is 54.6 Å². The number of carbonyl (C=O) groups is 1. The average Bonchev–Trinajstić information content (AvgIpc) is 2.53. The Morgan fingerprint density at radius 3 is 2.43 bits per heavy atom. The van der Waals surface area contributed by atoms with E-state index in [2.05, 4.69) is 4.98 Å². The molecule has 0 bridgehead atoms. The highest BCUT2D eigenvalue weighted by molar-refractivity contribution is 6.02. The van der Waals surface area contributed by atoms with Crippen molar-refractivity contribution >= 4 is 16.9 Å². The Bertz CT molecular complexity index is 904. The van der Waals surface area contributed by atoms with E-state index in [4.69, 9.17) is 0 Å². The van der Waals surface area contributed by atoms with Crippen molar-refractivity contribution in [1.29, 1.82) is 0 Å². The van der Waals surface area contributed by atoms with Gasteiger partial charge in [0.1, 0.15) is 0 Å². The molecule has 3 rings (SSSR count). The first kappa shape index (κ1) is 15.0. The fourth-order valence-electron chi connectivity index (χ4n) is 2.34. The van der Waals surface area contributed by atoms with Crippen LogP contribution in [0.5, 0.6) is 0 Å². The van der Waals surface area contributed by atoms with E-state index in [0.717, 1.165) is 12.1 Å². The van der Waals surface area contributed by atoms with Crippen molar-refractivity contribution in [3.05, 3.63) is 65.7 Å². The highest BCUT2D eigenvalue weighted by Crippen LogP contribution is 2.32. The maximum Gasteiger partial charge on any atom is 0.416 e. The van der Waals surface area contributed by atoms with Crippen LogP contribution in [0.3, 0.4) is 0 Å². The maximum absolute atomic E-state index is 12.8. The van der Waals surface area contributed by atoms with E-state index in [1.54, 1.807) is 24.3 Å². The quantitative estimate of drug-likeness (QED) is 0.750. The Morgan fingerprint density at radius 1 is 1.00 bits per heavy atom. The second-order valence-electron chi connectivity index (χ2n) is 4.96. The lowest BCUT2D eigenvalue weighted by molar-refractivity contribution is -0.137. The second-order valence-corrected chi connectivity index (χ2v) is 4.96. The van der Waals surface area contributed by atoms with Crippen LogP contribution < -0.4 is 0 Å². The van der Waals surface area contributed by atoms with Crippen LogP contribution in [0.2, 0.25) is 0 Å². The summed E-state index contributed by atoms with van der Waals surface area (Å²) < 4.78 is 38.4.